The predicted molar refractivity (Wildman–Crippen MR) is 216 cm³/mol. The molecule has 9 aromatic rings. The molecule has 52 heavy (non-hydrogen) atoms. The molecule has 0 N–H and O–H groups in total. The van der Waals surface area contributed by atoms with Crippen LogP contribution in [0.1, 0.15) is 19.7 Å². The number of fused-ring (bicyclic) bond motifs is 5. The lowest BCUT2D eigenvalue weighted by atomic mass is 10.1. The van der Waals surface area contributed by atoms with Crippen molar-refractivity contribution in [3.63, 3.8) is 0 Å². The van der Waals surface area contributed by atoms with Gasteiger partial charge in [0.1, 0.15) is 0 Å². The highest BCUT2D eigenvalue weighted by Crippen LogP contribution is 2.41. The van der Waals surface area contributed by atoms with Crippen molar-refractivity contribution in [2.45, 2.75) is 13.8 Å². The Morgan fingerprint density at radius 1 is 0.481 bits per heavy atom. The molecular formula is C47H35N5. The summed E-state index contributed by atoms with van der Waals surface area (Å²) in [6, 6.07) is 55.5. The molecule has 0 unspecified atom stereocenters. The van der Waals surface area contributed by atoms with Crippen LogP contribution in [0.2, 0.25) is 0 Å². The zero-order chi connectivity index (χ0) is 35.0. The van der Waals surface area contributed by atoms with E-state index < -0.39 is 0 Å². The van der Waals surface area contributed by atoms with Gasteiger partial charge in [0.05, 0.1) is 22.2 Å². The van der Waals surface area contributed by atoms with Gasteiger partial charge in [-0.25, -0.2) is 15.0 Å². The third-order valence-electron chi connectivity index (χ3n) is 9.64. The number of aromatic nitrogens is 5. The Morgan fingerprint density at radius 3 is 1.83 bits per heavy atom. The standard InChI is InChI=1S/C47H35N5/c1-3-17-32(4-2)45-48-46(34-20-10-6-11-21-34)50-47(49-45)35-22-16-25-37(30-35)52-41-27-15-14-26-38(41)39-28-29-42-40(44(39)52)31-43(33-18-8-5-9-19-33)51(42)36-23-12-7-13-24-36/h3-31H,1-2H3/b17-3-,32-4+. The van der Waals surface area contributed by atoms with Crippen molar-refractivity contribution >= 4 is 38.3 Å². The molecule has 0 radical (unpaired) electrons. The predicted octanol–water partition coefficient (Wildman–Crippen LogP) is 11.9. The van der Waals surface area contributed by atoms with Crippen LogP contribution in [0.4, 0.5) is 0 Å². The first-order chi connectivity index (χ1) is 25.7. The van der Waals surface area contributed by atoms with Gasteiger partial charge in [0.25, 0.3) is 0 Å². The molecule has 9 rings (SSSR count). The summed E-state index contributed by atoms with van der Waals surface area (Å²) in [5.41, 5.74) is 10.7. The zero-order valence-electron chi connectivity index (χ0n) is 29.0. The van der Waals surface area contributed by atoms with Crippen molar-refractivity contribution in [3.8, 4) is 45.4 Å². The molecule has 0 saturated heterocycles. The molecule has 0 fully saturated rings. The van der Waals surface area contributed by atoms with E-state index in [1.807, 2.05) is 62.4 Å². The zero-order valence-corrected chi connectivity index (χ0v) is 29.0. The molecule has 0 bridgehead atoms. The number of benzene rings is 6. The molecule has 3 heterocycles. The van der Waals surface area contributed by atoms with Gasteiger partial charge >= 0.3 is 0 Å². The van der Waals surface area contributed by atoms with Gasteiger partial charge in [-0.3, -0.25) is 0 Å². The molecule has 5 nitrogen and oxygen atoms in total. The summed E-state index contributed by atoms with van der Waals surface area (Å²) in [5, 5.41) is 3.59. The second kappa shape index (κ2) is 13.1. The Kier molecular flexibility index (Phi) is 7.86. The quantitative estimate of drug-likeness (QED) is 0.159. The van der Waals surface area contributed by atoms with E-state index in [4.69, 9.17) is 15.0 Å². The lowest BCUT2D eigenvalue weighted by molar-refractivity contribution is 1.03. The minimum atomic E-state index is 0.627. The monoisotopic (exact) mass is 669 g/mol. The molecule has 0 spiro atoms. The molecule has 6 aromatic carbocycles. The molecule has 5 heteroatoms. The molecule has 0 aliphatic carbocycles. The number of nitrogens with zero attached hydrogens (tertiary/aromatic N) is 5. The number of para-hydroxylation sites is 2. The fourth-order valence-electron chi connectivity index (χ4n) is 7.30. The highest BCUT2D eigenvalue weighted by molar-refractivity contribution is 6.19. The number of hydrogen-bond acceptors (Lipinski definition) is 3. The topological polar surface area (TPSA) is 48.5 Å². The third kappa shape index (κ3) is 5.31. The molecule has 0 amide bonds. The lowest BCUT2D eigenvalue weighted by Crippen LogP contribution is -2.03. The van der Waals surface area contributed by atoms with Gasteiger partial charge in [-0.2, -0.15) is 0 Å². The normalized spacial score (nSPS) is 12.1. The first-order valence-electron chi connectivity index (χ1n) is 17.6. The molecule has 3 aromatic heterocycles. The summed E-state index contributed by atoms with van der Waals surface area (Å²) in [6.45, 7) is 4.02. The summed E-state index contributed by atoms with van der Waals surface area (Å²) in [5.74, 6) is 1.91. The first-order valence-corrected chi connectivity index (χ1v) is 17.6. The number of allylic oxidation sites excluding steroid dienone is 4. The Labute approximate surface area is 302 Å². The van der Waals surface area contributed by atoms with E-state index in [0.29, 0.717) is 17.5 Å². The molecule has 0 aliphatic heterocycles. The minimum absolute atomic E-state index is 0.627. The summed E-state index contributed by atoms with van der Waals surface area (Å²) in [6.07, 6.45) is 6.09. The fraction of sp³-hybridized carbons (Fsp3) is 0.0426. The van der Waals surface area contributed by atoms with E-state index in [9.17, 15) is 0 Å². The Balaban J connectivity index is 1.31. The van der Waals surface area contributed by atoms with Crippen LogP contribution in [0.15, 0.2) is 176 Å². The fourth-order valence-corrected chi connectivity index (χ4v) is 7.30. The second-order valence-electron chi connectivity index (χ2n) is 12.8. The van der Waals surface area contributed by atoms with Crippen molar-refractivity contribution in [2.24, 2.45) is 0 Å². The lowest BCUT2D eigenvalue weighted by Gasteiger charge is -2.13. The maximum Gasteiger partial charge on any atom is 0.164 e. The smallest absolute Gasteiger partial charge is 0.164 e. The maximum absolute atomic E-state index is 5.04. The van der Waals surface area contributed by atoms with Crippen LogP contribution >= 0.6 is 0 Å². The second-order valence-corrected chi connectivity index (χ2v) is 12.8. The maximum atomic E-state index is 5.04. The van der Waals surface area contributed by atoms with Gasteiger partial charge in [-0.1, -0.05) is 133 Å². The first kappa shape index (κ1) is 31.2. The third-order valence-corrected chi connectivity index (χ3v) is 9.64. The minimum Gasteiger partial charge on any atom is -0.309 e. The SMILES string of the molecule is C/C=C\C(=C/C)c1nc(-c2ccccc2)nc(-c2cccc(-n3c4ccccc4c4ccc5c(cc(-c6ccccc6)n5-c5ccccc5)c43)c2)n1. The number of hydrogen-bond donors (Lipinski definition) is 0. The van der Waals surface area contributed by atoms with Crippen LogP contribution in [0.25, 0.3) is 83.7 Å². The Morgan fingerprint density at radius 2 is 1.10 bits per heavy atom. The Hall–Kier alpha value is -6.85. The largest absolute Gasteiger partial charge is 0.309 e. The van der Waals surface area contributed by atoms with Gasteiger partial charge in [0.2, 0.25) is 0 Å². The van der Waals surface area contributed by atoms with E-state index in [2.05, 4.69) is 137 Å². The van der Waals surface area contributed by atoms with Crippen LogP contribution in [0.5, 0.6) is 0 Å². The van der Waals surface area contributed by atoms with Gasteiger partial charge in [-0.05, 0) is 61.9 Å². The average molecular weight is 670 g/mol. The van der Waals surface area contributed by atoms with Crippen molar-refractivity contribution in [2.75, 3.05) is 0 Å². The van der Waals surface area contributed by atoms with Crippen molar-refractivity contribution in [1.29, 1.82) is 0 Å². The van der Waals surface area contributed by atoms with E-state index in [1.165, 1.54) is 21.7 Å². The van der Waals surface area contributed by atoms with Crippen LogP contribution < -0.4 is 0 Å². The summed E-state index contributed by atoms with van der Waals surface area (Å²) < 4.78 is 4.78. The summed E-state index contributed by atoms with van der Waals surface area (Å²) in [4.78, 5) is 15.0. The summed E-state index contributed by atoms with van der Waals surface area (Å²) >= 11 is 0. The van der Waals surface area contributed by atoms with Gasteiger partial charge in [0, 0.05) is 44.2 Å². The Bertz CT molecular complexity index is 2790. The van der Waals surface area contributed by atoms with E-state index in [0.717, 1.165) is 50.3 Å². The van der Waals surface area contributed by atoms with Crippen LogP contribution in [-0.4, -0.2) is 24.1 Å². The van der Waals surface area contributed by atoms with E-state index >= 15 is 0 Å². The molecule has 0 aliphatic rings. The summed E-state index contributed by atoms with van der Waals surface area (Å²) in [7, 11) is 0. The van der Waals surface area contributed by atoms with Crippen molar-refractivity contribution < 1.29 is 0 Å². The van der Waals surface area contributed by atoms with Crippen LogP contribution in [0.3, 0.4) is 0 Å². The average Bonchev–Trinajstić information content (AvgIpc) is 3.77. The molecule has 248 valence electrons. The van der Waals surface area contributed by atoms with Crippen LogP contribution in [0, 0.1) is 0 Å². The van der Waals surface area contributed by atoms with Crippen molar-refractivity contribution in [3.05, 3.63) is 182 Å². The van der Waals surface area contributed by atoms with E-state index in [1.54, 1.807) is 0 Å². The highest BCUT2D eigenvalue weighted by atomic mass is 15.0. The number of rotatable bonds is 7. The van der Waals surface area contributed by atoms with E-state index in [-0.39, 0.29) is 0 Å². The highest BCUT2D eigenvalue weighted by Gasteiger charge is 2.21. The van der Waals surface area contributed by atoms with Gasteiger partial charge in [0.15, 0.2) is 17.5 Å². The van der Waals surface area contributed by atoms with Crippen LogP contribution in [-0.2, 0) is 0 Å². The molecule has 0 saturated carbocycles. The van der Waals surface area contributed by atoms with Gasteiger partial charge in [-0.15, -0.1) is 0 Å². The molecule has 0 atom stereocenters. The van der Waals surface area contributed by atoms with Crippen molar-refractivity contribution in [1.82, 2.24) is 24.1 Å². The van der Waals surface area contributed by atoms with Gasteiger partial charge < -0.3 is 9.13 Å². The molecular weight excluding hydrogens is 635 g/mol.